The quantitative estimate of drug-likeness (QED) is 0.0891. The highest BCUT2D eigenvalue weighted by Crippen LogP contribution is 2.50. The number of methoxy groups -OCH3 is 4. The normalized spacial score (nSPS) is 11.8. The molecule has 0 saturated carbocycles. The van der Waals surface area contributed by atoms with Crippen molar-refractivity contribution in [3.63, 3.8) is 0 Å². The van der Waals surface area contributed by atoms with E-state index in [0.29, 0.717) is 0 Å². The first-order chi connectivity index (χ1) is 31.3. The topological polar surface area (TPSA) is 82.3 Å². The van der Waals surface area contributed by atoms with Crippen LogP contribution in [-0.4, -0.2) is 56.1 Å². The van der Waals surface area contributed by atoms with Gasteiger partial charge in [0.25, 0.3) is 0 Å². The minimum atomic E-state index is -5.17. The molecule has 66 heavy (non-hydrogen) atoms. The van der Waals surface area contributed by atoms with Crippen LogP contribution in [0.1, 0.15) is 15.9 Å². The molecule has 0 amide bonds. The van der Waals surface area contributed by atoms with Crippen LogP contribution in [0.4, 0.5) is 26.3 Å². The number of rotatable bonds is 12. The van der Waals surface area contributed by atoms with Gasteiger partial charge in [0, 0.05) is 54.1 Å². The Morgan fingerprint density at radius 3 is 1.12 bits per heavy atom. The van der Waals surface area contributed by atoms with Crippen LogP contribution in [0.5, 0.6) is 34.5 Å². The molecular formula is C47H30Cl4F6N2O7. The maximum atomic E-state index is 16.5. The first kappa shape index (κ1) is 46.2. The first-order valence-corrected chi connectivity index (χ1v) is 20.6. The van der Waals surface area contributed by atoms with Crippen LogP contribution in [0, 0.1) is 0 Å². The fourth-order valence-corrected chi connectivity index (χ4v) is 8.57. The summed E-state index contributed by atoms with van der Waals surface area (Å²) >= 11 is 25.8. The molecule has 2 heterocycles. The number of carbonyl (C=O) groups excluding carboxylic acids is 1. The molecule has 0 bridgehead atoms. The highest BCUT2D eigenvalue weighted by Gasteiger charge is 2.37. The van der Waals surface area contributed by atoms with Crippen LogP contribution in [0.25, 0.3) is 55.7 Å². The Morgan fingerprint density at radius 2 is 0.788 bits per heavy atom. The lowest BCUT2D eigenvalue weighted by Crippen LogP contribution is -2.17. The third-order valence-electron chi connectivity index (χ3n) is 10.4. The predicted molar refractivity (Wildman–Crippen MR) is 240 cm³/mol. The monoisotopic (exact) mass is 988 g/mol. The van der Waals surface area contributed by atoms with Crippen LogP contribution in [0.2, 0.25) is 20.1 Å². The predicted octanol–water partition coefficient (Wildman–Crippen LogP) is 14.6. The summed E-state index contributed by atoms with van der Waals surface area (Å²) in [5, 5.41) is 0.771. The van der Waals surface area contributed by atoms with Crippen molar-refractivity contribution in [3.05, 3.63) is 140 Å². The molecule has 340 valence electrons. The first-order valence-electron chi connectivity index (χ1n) is 19.1. The molecule has 0 spiro atoms. The molecule has 19 heteroatoms. The number of carbonyl (C=O) groups is 1. The van der Waals surface area contributed by atoms with Crippen molar-refractivity contribution in [2.24, 2.45) is 0 Å². The number of aromatic nitrogens is 2. The molecule has 0 aliphatic heterocycles. The van der Waals surface area contributed by atoms with E-state index in [1.807, 2.05) is 0 Å². The molecule has 0 fully saturated rings. The minimum Gasteiger partial charge on any atom is -0.496 e. The number of ether oxygens (including phenoxy) is 6. The van der Waals surface area contributed by atoms with Crippen LogP contribution < -0.4 is 28.4 Å². The number of fused-ring (bicyclic) bond motifs is 2. The zero-order valence-corrected chi connectivity index (χ0v) is 37.4. The van der Waals surface area contributed by atoms with Crippen molar-refractivity contribution in [3.8, 4) is 68.4 Å². The number of alkyl halides is 6. The third kappa shape index (κ3) is 8.71. The molecule has 9 nitrogen and oxygen atoms in total. The van der Waals surface area contributed by atoms with Gasteiger partial charge in [-0.2, -0.15) is 0 Å². The molecule has 8 rings (SSSR count). The fourth-order valence-electron chi connectivity index (χ4n) is 7.92. The fraction of sp³-hybridized carbons (Fsp3) is 0.128. The van der Waals surface area contributed by atoms with Gasteiger partial charge in [0.15, 0.2) is 5.78 Å². The van der Waals surface area contributed by atoms with Crippen molar-refractivity contribution in [1.82, 2.24) is 9.13 Å². The molecule has 2 aromatic heterocycles. The van der Waals surface area contributed by atoms with Crippen molar-refractivity contribution in [2.45, 2.75) is 12.7 Å². The summed E-state index contributed by atoms with van der Waals surface area (Å²) in [6.45, 7) is 0. The lowest BCUT2D eigenvalue weighted by molar-refractivity contribution is -0.275. The van der Waals surface area contributed by atoms with E-state index in [1.54, 1.807) is 33.4 Å². The van der Waals surface area contributed by atoms with Gasteiger partial charge in [-0.1, -0.05) is 46.4 Å². The molecular weight excluding hydrogens is 960 g/mol. The smallest absolute Gasteiger partial charge is 0.496 e. The van der Waals surface area contributed by atoms with E-state index in [-0.39, 0.29) is 110 Å². The number of ketones is 1. The van der Waals surface area contributed by atoms with Gasteiger partial charge >= 0.3 is 12.7 Å². The van der Waals surface area contributed by atoms with Crippen molar-refractivity contribution in [2.75, 3.05) is 28.4 Å². The SMILES string of the molecule is COc1cc(Cl)ccc1-c1c(C(=O)c2c(-c3ccc(Cl)cc3OC)n(-c3ccc(Cl)cc3OC)c3ccc(OC(F)(F)F)cc23)c2cc(OC(F)(F)F)ccc2n1-c1ccc(Cl)cc1OC. The highest BCUT2D eigenvalue weighted by molar-refractivity contribution is 6.33. The molecule has 0 unspecified atom stereocenters. The van der Waals surface area contributed by atoms with Gasteiger partial charge in [-0.15, -0.1) is 26.3 Å². The van der Waals surface area contributed by atoms with Crippen LogP contribution in [0.15, 0.2) is 109 Å². The molecule has 0 aliphatic carbocycles. The summed E-state index contributed by atoms with van der Waals surface area (Å²) in [5.74, 6) is -1.73. The average Bonchev–Trinajstić information content (AvgIpc) is 3.77. The molecule has 8 aromatic rings. The second kappa shape index (κ2) is 17.8. The number of nitrogens with zero attached hydrogens (tertiary/aromatic N) is 2. The van der Waals surface area contributed by atoms with Crippen molar-refractivity contribution >= 4 is 74.0 Å². The van der Waals surface area contributed by atoms with Gasteiger partial charge in [0.2, 0.25) is 0 Å². The van der Waals surface area contributed by atoms with E-state index in [1.165, 1.54) is 89.1 Å². The molecule has 0 N–H and O–H groups in total. The Labute approximate surface area is 391 Å². The number of hydrogen-bond acceptors (Lipinski definition) is 7. The Kier molecular flexibility index (Phi) is 12.4. The van der Waals surface area contributed by atoms with Crippen LogP contribution in [0.3, 0.4) is 0 Å². The van der Waals surface area contributed by atoms with E-state index in [0.717, 1.165) is 24.3 Å². The van der Waals surface area contributed by atoms with Crippen molar-refractivity contribution < 1.29 is 59.6 Å². The van der Waals surface area contributed by atoms with Gasteiger partial charge in [0.05, 0.1) is 73.4 Å². The number of halogens is 10. The summed E-state index contributed by atoms with van der Waals surface area (Å²) in [6, 6.07) is 25.1. The van der Waals surface area contributed by atoms with E-state index >= 15 is 4.79 Å². The standard InChI is InChI=1S/C47H30Cl4F6N2O7/c1-61-37-17-23(48)5-11-29(37)43-41(31-21-27(65-46(52,53)54)9-15-33(31)58(43)35-13-7-25(50)19-39(35)63-3)45(60)42-32-22-28(66-47(55,56)57)10-16-34(32)59(36-14-8-26(51)20-40(36)64-4)44(42)30-12-6-24(49)18-38(30)62-2/h5-22H,1-4H3. The van der Waals surface area contributed by atoms with Crippen LogP contribution in [-0.2, 0) is 0 Å². The Hall–Kier alpha value is -6.39. The van der Waals surface area contributed by atoms with Gasteiger partial charge in [0.1, 0.15) is 34.5 Å². The summed E-state index contributed by atoms with van der Waals surface area (Å²) in [6.07, 6.45) is -10.3. The summed E-state index contributed by atoms with van der Waals surface area (Å²) in [4.78, 5) is 16.5. The average molecular weight is 991 g/mol. The van der Waals surface area contributed by atoms with E-state index < -0.39 is 30.0 Å². The second-order valence-electron chi connectivity index (χ2n) is 14.2. The number of hydrogen-bond donors (Lipinski definition) is 0. The molecule has 0 atom stereocenters. The molecule has 6 aromatic carbocycles. The molecule has 0 radical (unpaired) electrons. The summed E-state index contributed by atoms with van der Waals surface area (Å²) in [5.41, 5.74) is 0.726. The third-order valence-corrected chi connectivity index (χ3v) is 11.3. The summed E-state index contributed by atoms with van der Waals surface area (Å²) in [7, 11) is 5.44. The lowest BCUT2D eigenvalue weighted by Gasteiger charge is -2.19. The van der Waals surface area contributed by atoms with Crippen molar-refractivity contribution in [1.29, 1.82) is 0 Å². The zero-order chi connectivity index (χ0) is 47.4. The zero-order valence-electron chi connectivity index (χ0n) is 34.4. The number of benzene rings is 6. The second-order valence-corrected chi connectivity index (χ2v) is 16.0. The molecule has 0 aliphatic rings. The summed E-state index contributed by atoms with van der Waals surface area (Å²) < 4.78 is 119. The maximum Gasteiger partial charge on any atom is 0.573 e. The lowest BCUT2D eigenvalue weighted by atomic mass is 9.92. The van der Waals surface area contributed by atoms with E-state index in [2.05, 4.69) is 9.47 Å². The largest absolute Gasteiger partial charge is 0.573 e. The Morgan fingerprint density at radius 1 is 0.455 bits per heavy atom. The minimum absolute atomic E-state index is 0.0231. The van der Waals surface area contributed by atoms with Gasteiger partial charge < -0.3 is 37.6 Å². The van der Waals surface area contributed by atoms with Crippen LogP contribution >= 0.6 is 46.4 Å². The van der Waals surface area contributed by atoms with E-state index in [4.69, 9.17) is 65.4 Å². The van der Waals surface area contributed by atoms with Gasteiger partial charge in [-0.25, -0.2) is 0 Å². The Bertz CT molecular complexity index is 3010. The Balaban J connectivity index is 1.63. The highest BCUT2D eigenvalue weighted by atomic mass is 35.5. The maximum absolute atomic E-state index is 16.5. The van der Waals surface area contributed by atoms with Gasteiger partial charge in [-0.05, 0) is 97.1 Å². The molecule has 0 saturated heterocycles. The van der Waals surface area contributed by atoms with Gasteiger partial charge in [-0.3, -0.25) is 4.79 Å². The van der Waals surface area contributed by atoms with E-state index in [9.17, 15) is 26.3 Å².